The summed E-state index contributed by atoms with van der Waals surface area (Å²) in [5.41, 5.74) is 0. The molecular weight excluding hydrogens is 183 g/mol. The number of halogens is 3. The molecule has 0 fully saturated rings. The first-order valence-corrected chi connectivity index (χ1v) is 3.35. The van der Waals surface area contributed by atoms with Gasteiger partial charge in [-0.1, -0.05) is 13.3 Å². The van der Waals surface area contributed by atoms with Gasteiger partial charge < -0.3 is 17.7 Å². The molecule has 0 saturated carbocycles. The minimum Gasteiger partial charge on any atom is -0.447 e. The second-order valence-corrected chi connectivity index (χ2v) is 2.14. The van der Waals surface area contributed by atoms with Crippen LogP contribution in [0.15, 0.2) is 0 Å². The Morgan fingerprint density at radius 2 is 1.82 bits per heavy atom. The van der Waals surface area contributed by atoms with Gasteiger partial charge in [0, 0.05) is 13.1 Å². The Morgan fingerprint density at radius 1 is 1.27 bits per heavy atom. The summed E-state index contributed by atoms with van der Waals surface area (Å²) in [5, 5.41) is 0. The van der Waals surface area contributed by atoms with Crippen LogP contribution in [-0.2, 0) is 4.74 Å². The van der Waals surface area contributed by atoms with Crippen LogP contribution in [0.4, 0.5) is 12.9 Å². The van der Waals surface area contributed by atoms with E-state index in [1.807, 2.05) is 6.92 Å². The van der Waals surface area contributed by atoms with Gasteiger partial charge in [0.25, 0.3) is 0 Å². The van der Waals surface area contributed by atoms with Crippen molar-refractivity contribution in [2.45, 2.75) is 19.8 Å². The summed E-state index contributed by atoms with van der Waals surface area (Å²) in [4.78, 5) is 0. The Morgan fingerprint density at radius 3 is 2.18 bits per heavy atom. The molecule has 0 saturated heterocycles. The van der Waals surface area contributed by atoms with Gasteiger partial charge in [0.05, 0.1) is 0 Å². The van der Waals surface area contributed by atoms with Gasteiger partial charge in [0.2, 0.25) is 0 Å². The molecule has 0 N–H and O–H groups in total. The summed E-state index contributed by atoms with van der Waals surface area (Å²) in [5.74, 6) is 0. The maximum absolute atomic E-state index is 11.4. The summed E-state index contributed by atoms with van der Waals surface area (Å²) in [6.45, 7) is -3.67. The van der Waals surface area contributed by atoms with E-state index < -0.39 is 13.5 Å². The molecule has 0 unspecified atom stereocenters. The van der Waals surface area contributed by atoms with Gasteiger partial charge in [0.15, 0.2) is 0 Å². The Bertz CT molecular complexity index is 88.3. The largest absolute Gasteiger partial charge is 1.00 e. The third-order valence-electron chi connectivity index (χ3n) is 0.949. The summed E-state index contributed by atoms with van der Waals surface area (Å²) in [6, 6.07) is 0. The quantitative estimate of drug-likeness (QED) is 0.411. The number of rotatable bonds is 5. The number of ether oxygens (including phenoxy) is 1. The average molecular weight is 194 g/mol. The van der Waals surface area contributed by atoms with Gasteiger partial charge in [-0.2, -0.15) is 0 Å². The SMILES string of the molecule is CCCCOC[B-](F)(F)F.[K+]. The van der Waals surface area contributed by atoms with Crippen molar-refractivity contribution >= 4 is 6.98 Å². The average Bonchev–Trinajstić information content (AvgIpc) is 1.78. The molecule has 0 aliphatic rings. The zero-order chi connectivity index (χ0) is 8.04. The van der Waals surface area contributed by atoms with Crippen LogP contribution in [0.2, 0.25) is 0 Å². The summed E-state index contributed by atoms with van der Waals surface area (Å²) in [6.07, 6.45) is 1.57. The monoisotopic (exact) mass is 194 g/mol. The minimum absolute atomic E-state index is 0. The van der Waals surface area contributed by atoms with Crippen molar-refractivity contribution in [1.82, 2.24) is 0 Å². The van der Waals surface area contributed by atoms with E-state index in [9.17, 15) is 12.9 Å². The molecule has 0 aromatic rings. The first-order valence-electron chi connectivity index (χ1n) is 3.35. The van der Waals surface area contributed by atoms with Crippen molar-refractivity contribution in [1.29, 1.82) is 0 Å². The first kappa shape index (κ1) is 14.9. The third-order valence-corrected chi connectivity index (χ3v) is 0.949. The second-order valence-electron chi connectivity index (χ2n) is 2.14. The van der Waals surface area contributed by atoms with Crippen LogP contribution in [0, 0.1) is 0 Å². The first-order chi connectivity index (χ1) is 4.56. The van der Waals surface area contributed by atoms with E-state index in [1.54, 1.807) is 0 Å². The Labute approximate surface area is 108 Å². The normalized spacial score (nSPS) is 10.9. The van der Waals surface area contributed by atoms with Gasteiger partial charge >= 0.3 is 58.4 Å². The van der Waals surface area contributed by atoms with Gasteiger partial charge in [-0.15, -0.1) is 0 Å². The molecule has 0 spiro atoms. The van der Waals surface area contributed by atoms with Crippen LogP contribution in [0.5, 0.6) is 0 Å². The standard InChI is InChI=1S/C5H11BF3O.K/c1-2-3-4-10-5-6(7,8)9;/h2-5H2,1H3;/q-1;+1. The van der Waals surface area contributed by atoms with Crippen molar-refractivity contribution in [2.75, 3.05) is 13.1 Å². The zero-order valence-electron chi connectivity index (χ0n) is 6.95. The minimum atomic E-state index is -4.74. The molecular formula is C5H11BF3KO. The third kappa shape index (κ3) is 14.3. The molecule has 62 valence electrons. The van der Waals surface area contributed by atoms with E-state index >= 15 is 0 Å². The van der Waals surface area contributed by atoms with E-state index in [-0.39, 0.29) is 58.0 Å². The predicted molar refractivity (Wildman–Crippen MR) is 34.8 cm³/mol. The van der Waals surface area contributed by atoms with Crippen LogP contribution in [0.1, 0.15) is 19.8 Å². The maximum atomic E-state index is 11.4. The number of hydrogen-bond acceptors (Lipinski definition) is 1. The Balaban J connectivity index is 0. The summed E-state index contributed by atoms with van der Waals surface area (Å²) < 4.78 is 38.6. The van der Waals surface area contributed by atoms with Crippen LogP contribution < -0.4 is 51.4 Å². The maximum Gasteiger partial charge on any atom is 1.00 e. The molecule has 11 heavy (non-hydrogen) atoms. The van der Waals surface area contributed by atoms with Crippen molar-refractivity contribution in [3.8, 4) is 0 Å². The van der Waals surface area contributed by atoms with Gasteiger partial charge in [-0.3, -0.25) is 0 Å². The molecule has 0 bridgehead atoms. The van der Waals surface area contributed by atoms with Crippen molar-refractivity contribution in [3.05, 3.63) is 0 Å². The second kappa shape index (κ2) is 8.07. The van der Waals surface area contributed by atoms with Crippen LogP contribution in [0.3, 0.4) is 0 Å². The summed E-state index contributed by atoms with van der Waals surface area (Å²) >= 11 is 0. The van der Waals surface area contributed by atoms with Crippen LogP contribution >= 0.6 is 0 Å². The van der Waals surface area contributed by atoms with Crippen LogP contribution in [0.25, 0.3) is 0 Å². The van der Waals surface area contributed by atoms with Crippen molar-refractivity contribution in [2.24, 2.45) is 0 Å². The fourth-order valence-corrected chi connectivity index (χ4v) is 0.463. The van der Waals surface area contributed by atoms with Crippen molar-refractivity contribution in [3.63, 3.8) is 0 Å². The van der Waals surface area contributed by atoms with E-state index in [2.05, 4.69) is 4.74 Å². The Kier molecular flexibility index (Phi) is 11.0. The molecule has 0 aliphatic heterocycles. The van der Waals surface area contributed by atoms with E-state index in [0.717, 1.165) is 6.42 Å². The van der Waals surface area contributed by atoms with Gasteiger partial charge in [-0.05, 0) is 6.42 Å². The molecule has 1 nitrogen and oxygen atoms in total. The molecule has 0 atom stereocenters. The predicted octanol–water partition coefficient (Wildman–Crippen LogP) is -0.806. The molecule has 0 aromatic carbocycles. The number of hydrogen-bond donors (Lipinski definition) is 0. The van der Waals surface area contributed by atoms with Gasteiger partial charge in [0.1, 0.15) is 0 Å². The summed E-state index contributed by atoms with van der Waals surface area (Å²) in [7, 11) is 0. The molecule has 0 heterocycles. The molecule has 0 aromatic heterocycles. The fraction of sp³-hybridized carbons (Fsp3) is 1.00. The van der Waals surface area contributed by atoms with E-state index in [1.165, 1.54) is 0 Å². The van der Waals surface area contributed by atoms with Crippen molar-refractivity contribution < 1.29 is 69.1 Å². The van der Waals surface area contributed by atoms with Crippen LogP contribution in [-0.4, -0.2) is 20.1 Å². The van der Waals surface area contributed by atoms with Gasteiger partial charge in [-0.25, -0.2) is 0 Å². The van der Waals surface area contributed by atoms with E-state index in [0.29, 0.717) is 6.42 Å². The molecule has 0 amide bonds. The Hall–Kier alpha value is 1.45. The molecule has 0 radical (unpaired) electrons. The molecule has 0 rings (SSSR count). The number of unbranched alkanes of at least 4 members (excludes halogenated alkanes) is 1. The fourth-order valence-electron chi connectivity index (χ4n) is 0.463. The zero-order valence-corrected chi connectivity index (χ0v) is 10.1. The van der Waals surface area contributed by atoms with E-state index in [4.69, 9.17) is 0 Å². The topological polar surface area (TPSA) is 9.23 Å². The molecule has 0 aliphatic carbocycles. The molecule has 6 heteroatoms. The smallest absolute Gasteiger partial charge is 0.447 e.